The molecule has 0 unspecified atom stereocenters. The first kappa shape index (κ1) is 17.8. The number of methoxy groups -OCH3 is 2. The number of aromatic nitrogens is 1. The second-order valence-corrected chi connectivity index (χ2v) is 6.35. The van der Waals surface area contributed by atoms with Gasteiger partial charge >= 0.3 is 0 Å². The fourth-order valence-corrected chi connectivity index (χ4v) is 3.03. The first-order chi connectivity index (χ1) is 12.6. The maximum atomic E-state index is 12.9. The number of hydrogen-bond donors (Lipinski definition) is 0. The van der Waals surface area contributed by atoms with Crippen molar-refractivity contribution in [3.05, 3.63) is 93.4 Å². The predicted molar refractivity (Wildman–Crippen MR) is 103 cm³/mol. The molecule has 26 heavy (non-hydrogen) atoms. The van der Waals surface area contributed by atoms with E-state index in [1.54, 1.807) is 14.2 Å². The van der Waals surface area contributed by atoms with Crippen LogP contribution < -0.4 is 14.9 Å². The quantitative estimate of drug-likeness (QED) is 0.683. The minimum Gasteiger partial charge on any atom is -0.497 e. The molecule has 0 fully saturated rings. The van der Waals surface area contributed by atoms with Gasteiger partial charge in [-0.05, 0) is 35.4 Å². The first-order valence-corrected chi connectivity index (χ1v) is 8.53. The highest BCUT2D eigenvalue weighted by atomic mass is 16.5. The molecule has 0 saturated carbocycles. The smallest absolute Gasteiger partial charge is 0.188 e. The molecule has 1 heterocycles. The number of nitrogens with zero attached hydrogens (tertiary/aromatic N) is 1. The van der Waals surface area contributed by atoms with Crippen LogP contribution in [0.4, 0.5) is 0 Å². The maximum absolute atomic E-state index is 12.9. The molecule has 3 aromatic rings. The minimum atomic E-state index is 0.106. The van der Waals surface area contributed by atoms with Crippen LogP contribution in [0.5, 0.6) is 11.5 Å². The maximum Gasteiger partial charge on any atom is 0.188 e. The van der Waals surface area contributed by atoms with E-state index in [4.69, 9.17) is 9.47 Å². The normalized spacial score (nSPS) is 10.6. The molecule has 0 aliphatic heterocycles. The summed E-state index contributed by atoms with van der Waals surface area (Å²) in [5.41, 5.74) is 3.87. The van der Waals surface area contributed by atoms with Crippen molar-refractivity contribution < 1.29 is 9.47 Å². The molecule has 0 N–H and O–H groups in total. The fraction of sp³-hybridized carbons (Fsp3) is 0.227. The third-order valence-electron chi connectivity index (χ3n) is 4.41. The molecule has 0 bridgehead atoms. The summed E-state index contributed by atoms with van der Waals surface area (Å²) in [4.78, 5) is 12.9. The second kappa shape index (κ2) is 7.91. The molecular formula is C22H23NO3. The topological polar surface area (TPSA) is 40.5 Å². The average molecular weight is 349 g/mol. The highest BCUT2D eigenvalue weighted by molar-refractivity contribution is 5.34. The molecule has 4 nitrogen and oxygen atoms in total. The van der Waals surface area contributed by atoms with Crippen LogP contribution in [-0.4, -0.2) is 18.8 Å². The average Bonchev–Trinajstić information content (AvgIpc) is 2.66. The minimum absolute atomic E-state index is 0.106. The van der Waals surface area contributed by atoms with Crippen molar-refractivity contribution in [1.82, 2.24) is 4.57 Å². The molecule has 0 atom stereocenters. The van der Waals surface area contributed by atoms with Gasteiger partial charge in [0.1, 0.15) is 11.5 Å². The van der Waals surface area contributed by atoms with Crippen molar-refractivity contribution in [1.29, 1.82) is 0 Å². The lowest BCUT2D eigenvalue weighted by molar-refractivity contribution is 0.414. The van der Waals surface area contributed by atoms with Crippen LogP contribution >= 0.6 is 0 Å². The molecule has 2 aromatic carbocycles. The Labute approximate surface area is 153 Å². The number of benzene rings is 2. The van der Waals surface area contributed by atoms with E-state index in [0.29, 0.717) is 12.8 Å². The standard InChI is InChI=1S/C22H23NO3/c1-23-14-18(12-16-4-8-20(25-2)9-5-16)22(24)19(15-23)13-17-6-10-21(26-3)11-7-17/h4-11,14-15H,12-13H2,1-3H3. The van der Waals surface area contributed by atoms with E-state index in [9.17, 15) is 4.79 Å². The van der Waals surface area contributed by atoms with E-state index in [0.717, 1.165) is 33.8 Å². The first-order valence-electron chi connectivity index (χ1n) is 8.53. The van der Waals surface area contributed by atoms with E-state index in [2.05, 4.69) is 0 Å². The summed E-state index contributed by atoms with van der Waals surface area (Å²) in [6.45, 7) is 0. The van der Waals surface area contributed by atoms with Crippen LogP contribution in [0.1, 0.15) is 22.3 Å². The van der Waals surface area contributed by atoms with Crippen LogP contribution in [0, 0.1) is 0 Å². The van der Waals surface area contributed by atoms with Gasteiger partial charge in [0, 0.05) is 43.4 Å². The zero-order valence-electron chi connectivity index (χ0n) is 15.4. The third kappa shape index (κ3) is 4.14. The third-order valence-corrected chi connectivity index (χ3v) is 4.41. The van der Waals surface area contributed by atoms with Gasteiger partial charge in [0.05, 0.1) is 14.2 Å². The van der Waals surface area contributed by atoms with Crippen LogP contribution in [0.25, 0.3) is 0 Å². The molecule has 0 aliphatic rings. The van der Waals surface area contributed by atoms with Crippen LogP contribution in [0.15, 0.2) is 65.7 Å². The van der Waals surface area contributed by atoms with E-state index >= 15 is 0 Å². The van der Waals surface area contributed by atoms with E-state index in [1.165, 1.54) is 0 Å². The summed E-state index contributed by atoms with van der Waals surface area (Å²) in [6.07, 6.45) is 5.02. The molecule has 1 aromatic heterocycles. The second-order valence-electron chi connectivity index (χ2n) is 6.35. The molecule has 0 saturated heterocycles. The van der Waals surface area contributed by atoms with Crippen molar-refractivity contribution in [2.45, 2.75) is 12.8 Å². The Morgan fingerprint density at radius 2 is 1.12 bits per heavy atom. The van der Waals surface area contributed by atoms with E-state index in [-0.39, 0.29) is 5.43 Å². The molecule has 0 aliphatic carbocycles. The lowest BCUT2D eigenvalue weighted by Crippen LogP contribution is -2.18. The molecule has 0 radical (unpaired) electrons. The van der Waals surface area contributed by atoms with Gasteiger partial charge < -0.3 is 14.0 Å². The predicted octanol–water partition coefficient (Wildman–Crippen LogP) is 3.58. The van der Waals surface area contributed by atoms with Gasteiger partial charge in [0.25, 0.3) is 0 Å². The summed E-state index contributed by atoms with van der Waals surface area (Å²) < 4.78 is 12.3. The van der Waals surface area contributed by atoms with Crippen molar-refractivity contribution in [3.63, 3.8) is 0 Å². The zero-order chi connectivity index (χ0) is 18.5. The van der Waals surface area contributed by atoms with Gasteiger partial charge in [-0.25, -0.2) is 0 Å². The zero-order valence-corrected chi connectivity index (χ0v) is 15.4. The summed E-state index contributed by atoms with van der Waals surface area (Å²) in [7, 11) is 5.25. The fourth-order valence-electron chi connectivity index (χ4n) is 3.03. The van der Waals surface area contributed by atoms with E-state index in [1.807, 2.05) is 72.5 Å². The largest absolute Gasteiger partial charge is 0.497 e. The van der Waals surface area contributed by atoms with Crippen molar-refractivity contribution in [2.24, 2.45) is 7.05 Å². The van der Waals surface area contributed by atoms with E-state index < -0.39 is 0 Å². The van der Waals surface area contributed by atoms with Gasteiger partial charge in [0.15, 0.2) is 5.43 Å². The summed E-state index contributed by atoms with van der Waals surface area (Å²) in [6, 6.07) is 15.6. The van der Waals surface area contributed by atoms with Crippen LogP contribution in [0.2, 0.25) is 0 Å². The van der Waals surface area contributed by atoms with Gasteiger partial charge in [-0.1, -0.05) is 24.3 Å². The van der Waals surface area contributed by atoms with Crippen molar-refractivity contribution in [3.8, 4) is 11.5 Å². The van der Waals surface area contributed by atoms with Gasteiger partial charge in [-0.2, -0.15) is 0 Å². The number of ether oxygens (including phenoxy) is 2. The summed E-state index contributed by atoms with van der Waals surface area (Å²) >= 11 is 0. The van der Waals surface area contributed by atoms with Gasteiger partial charge in [0.2, 0.25) is 0 Å². The Bertz CT molecular complexity index is 851. The number of aryl methyl sites for hydroxylation is 1. The molecule has 134 valence electrons. The van der Waals surface area contributed by atoms with Gasteiger partial charge in [-0.15, -0.1) is 0 Å². The van der Waals surface area contributed by atoms with Crippen molar-refractivity contribution in [2.75, 3.05) is 14.2 Å². The molecule has 4 heteroatoms. The highest BCUT2D eigenvalue weighted by Crippen LogP contribution is 2.16. The molecule has 0 spiro atoms. The summed E-state index contributed by atoms with van der Waals surface area (Å²) in [5.74, 6) is 1.63. The number of rotatable bonds is 6. The van der Waals surface area contributed by atoms with Crippen LogP contribution in [-0.2, 0) is 19.9 Å². The number of hydrogen-bond acceptors (Lipinski definition) is 3. The SMILES string of the molecule is COc1ccc(Cc2cn(C)cc(Cc3ccc(OC)cc3)c2=O)cc1. The Kier molecular flexibility index (Phi) is 5.42. The van der Waals surface area contributed by atoms with Gasteiger partial charge in [-0.3, -0.25) is 4.79 Å². The highest BCUT2D eigenvalue weighted by Gasteiger charge is 2.09. The summed E-state index contributed by atoms with van der Waals surface area (Å²) in [5, 5.41) is 0. The Morgan fingerprint density at radius 1 is 0.731 bits per heavy atom. The van der Waals surface area contributed by atoms with Crippen molar-refractivity contribution >= 4 is 0 Å². The van der Waals surface area contributed by atoms with Crippen LogP contribution in [0.3, 0.4) is 0 Å². The molecule has 3 rings (SSSR count). The lowest BCUT2D eigenvalue weighted by Gasteiger charge is -2.10. The number of pyridine rings is 1. The molecular weight excluding hydrogens is 326 g/mol. The Hall–Kier alpha value is -3.01. The lowest BCUT2D eigenvalue weighted by atomic mass is 10.0. The molecule has 0 amide bonds. The monoisotopic (exact) mass is 349 g/mol. The Morgan fingerprint density at radius 3 is 1.46 bits per heavy atom. The Balaban J connectivity index is 1.86.